The number of aromatic nitrogens is 4. The third-order valence-electron chi connectivity index (χ3n) is 7.41. The van der Waals surface area contributed by atoms with Crippen LogP contribution in [0.5, 0.6) is 5.75 Å². The molecule has 0 spiro atoms. The third kappa shape index (κ3) is 4.14. The molecule has 5 heterocycles. The molecule has 0 atom stereocenters. The Labute approximate surface area is 219 Å². The van der Waals surface area contributed by atoms with Crippen molar-refractivity contribution in [3.05, 3.63) is 70.8 Å². The number of nitrogens with one attached hydrogen (secondary N) is 1. The number of hydrogen-bond donors (Lipinski definition) is 1. The number of hydrogen-bond acceptors (Lipinski definition) is 6. The van der Waals surface area contributed by atoms with E-state index in [2.05, 4.69) is 20.3 Å². The first-order valence-electron chi connectivity index (χ1n) is 12.7. The van der Waals surface area contributed by atoms with Crippen molar-refractivity contribution in [1.29, 1.82) is 0 Å². The monoisotopic (exact) mass is 538 g/mol. The summed E-state index contributed by atoms with van der Waals surface area (Å²) in [7, 11) is 0. The van der Waals surface area contributed by atoms with E-state index in [1.165, 1.54) is 16.8 Å². The summed E-state index contributed by atoms with van der Waals surface area (Å²) >= 11 is 0. The van der Waals surface area contributed by atoms with Gasteiger partial charge < -0.3 is 15.0 Å². The molecule has 1 fully saturated rings. The molecule has 3 aromatic heterocycles. The zero-order valence-electron chi connectivity index (χ0n) is 20.6. The standard InChI is InChI=1S/C27H22F4N6O2/c28-19-4-6-22-16(7-8-39-22)17(19)9-32-26-33-10-18-15-3-5-20(14-1-2-14)35-21(15)11-36(12-27(29,30)31)25(38)23-24(18)37(26)13-34-23/h3-6,10,13-14H,1-2,7-9,11-12H2,(H,32,33). The topological polar surface area (TPSA) is 84.7 Å². The number of rotatable bonds is 5. The summed E-state index contributed by atoms with van der Waals surface area (Å²) in [6.07, 6.45) is 0.845. The number of anilines is 1. The first-order chi connectivity index (χ1) is 18.8. The number of carbonyl (C=O) groups is 1. The number of amides is 1. The lowest BCUT2D eigenvalue weighted by molar-refractivity contribution is -0.141. The molecule has 12 heteroatoms. The van der Waals surface area contributed by atoms with Gasteiger partial charge in [0.1, 0.15) is 24.4 Å². The number of fused-ring (bicyclic) bond motifs is 3. The van der Waals surface area contributed by atoms with Gasteiger partial charge in [-0.3, -0.25) is 14.2 Å². The van der Waals surface area contributed by atoms with Gasteiger partial charge in [-0.05, 0) is 31.0 Å². The second-order valence-electron chi connectivity index (χ2n) is 10.0. The maximum absolute atomic E-state index is 14.7. The maximum atomic E-state index is 14.7. The molecule has 3 aliphatic rings. The molecule has 0 radical (unpaired) electrons. The SMILES string of the molecule is O=C1c2ncn3c(NCc4c(F)ccc5c4CCO5)ncc(c23)-c2ccc(C3CC3)nc2CN1CC(F)(F)F. The fraction of sp³-hybridized carbons (Fsp3) is 0.333. The molecule has 1 aromatic carbocycles. The van der Waals surface area contributed by atoms with Gasteiger partial charge in [-0.2, -0.15) is 13.2 Å². The number of ether oxygens (including phenoxy) is 1. The molecule has 1 amide bonds. The summed E-state index contributed by atoms with van der Waals surface area (Å²) in [4.78, 5) is 27.6. The van der Waals surface area contributed by atoms with Crippen LogP contribution in [-0.2, 0) is 19.5 Å². The second-order valence-corrected chi connectivity index (χ2v) is 10.0. The van der Waals surface area contributed by atoms with E-state index in [9.17, 15) is 22.4 Å². The molecule has 1 aliphatic carbocycles. The zero-order chi connectivity index (χ0) is 26.9. The van der Waals surface area contributed by atoms with Gasteiger partial charge in [-0.15, -0.1) is 0 Å². The molecule has 0 bridgehead atoms. The Hall–Kier alpha value is -4.22. The highest BCUT2D eigenvalue weighted by Crippen LogP contribution is 2.41. The lowest BCUT2D eigenvalue weighted by Gasteiger charge is -2.26. The Balaban J connectivity index is 1.33. The van der Waals surface area contributed by atoms with Crippen LogP contribution in [0.3, 0.4) is 0 Å². The van der Waals surface area contributed by atoms with Crippen molar-refractivity contribution in [2.45, 2.75) is 44.4 Å². The number of imidazole rings is 1. The van der Waals surface area contributed by atoms with Crippen LogP contribution in [0.25, 0.3) is 16.6 Å². The zero-order valence-corrected chi connectivity index (χ0v) is 20.6. The van der Waals surface area contributed by atoms with E-state index in [4.69, 9.17) is 4.74 Å². The van der Waals surface area contributed by atoms with Crippen LogP contribution < -0.4 is 10.1 Å². The molecule has 2 aliphatic heterocycles. The first-order valence-corrected chi connectivity index (χ1v) is 12.7. The van der Waals surface area contributed by atoms with Gasteiger partial charge in [0.25, 0.3) is 5.91 Å². The van der Waals surface area contributed by atoms with E-state index < -0.39 is 18.6 Å². The Morgan fingerprint density at radius 1 is 1.10 bits per heavy atom. The van der Waals surface area contributed by atoms with Crippen molar-refractivity contribution >= 4 is 17.4 Å². The maximum Gasteiger partial charge on any atom is 0.406 e. The van der Waals surface area contributed by atoms with Crippen molar-refractivity contribution < 1.29 is 27.1 Å². The predicted molar refractivity (Wildman–Crippen MR) is 132 cm³/mol. The van der Waals surface area contributed by atoms with Gasteiger partial charge in [0, 0.05) is 53.0 Å². The Bertz CT molecular complexity index is 1650. The summed E-state index contributed by atoms with van der Waals surface area (Å²) in [5.74, 6) is -0.0404. The van der Waals surface area contributed by atoms with Crippen LogP contribution in [0, 0.1) is 5.82 Å². The largest absolute Gasteiger partial charge is 0.493 e. The lowest BCUT2D eigenvalue weighted by atomic mass is 10.00. The quantitative estimate of drug-likeness (QED) is 0.365. The minimum atomic E-state index is -4.60. The molecular formula is C27H22F4N6O2. The van der Waals surface area contributed by atoms with Crippen molar-refractivity contribution in [2.24, 2.45) is 0 Å². The predicted octanol–water partition coefficient (Wildman–Crippen LogP) is 4.87. The number of carbonyl (C=O) groups excluding carboxylic acids is 1. The fourth-order valence-corrected chi connectivity index (χ4v) is 5.41. The molecule has 8 nitrogen and oxygen atoms in total. The highest BCUT2D eigenvalue weighted by atomic mass is 19.4. The number of pyridine rings is 1. The second kappa shape index (κ2) is 8.65. The number of halogens is 4. The molecule has 4 aromatic rings. The summed E-state index contributed by atoms with van der Waals surface area (Å²) < 4.78 is 62.3. The summed E-state index contributed by atoms with van der Waals surface area (Å²) in [5.41, 5.74) is 3.75. The molecule has 200 valence electrons. The molecule has 0 saturated heterocycles. The van der Waals surface area contributed by atoms with Gasteiger partial charge in [0.2, 0.25) is 5.95 Å². The minimum absolute atomic E-state index is 0.0877. The van der Waals surface area contributed by atoms with E-state index >= 15 is 0 Å². The van der Waals surface area contributed by atoms with Gasteiger partial charge in [0.15, 0.2) is 5.69 Å². The van der Waals surface area contributed by atoms with Crippen LogP contribution >= 0.6 is 0 Å². The highest BCUT2D eigenvalue weighted by Gasteiger charge is 2.37. The smallest absolute Gasteiger partial charge is 0.406 e. The van der Waals surface area contributed by atoms with E-state index in [1.807, 2.05) is 12.1 Å². The fourth-order valence-electron chi connectivity index (χ4n) is 5.41. The van der Waals surface area contributed by atoms with Crippen LogP contribution in [0.15, 0.2) is 36.8 Å². The van der Waals surface area contributed by atoms with Crippen molar-refractivity contribution in [1.82, 2.24) is 24.3 Å². The Morgan fingerprint density at radius 3 is 2.74 bits per heavy atom. The Morgan fingerprint density at radius 2 is 1.95 bits per heavy atom. The van der Waals surface area contributed by atoms with Crippen LogP contribution in [0.1, 0.15) is 51.8 Å². The van der Waals surface area contributed by atoms with Gasteiger partial charge in [0.05, 0.1) is 24.4 Å². The van der Waals surface area contributed by atoms with Gasteiger partial charge in [-0.25, -0.2) is 14.4 Å². The van der Waals surface area contributed by atoms with E-state index in [-0.39, 0.29) is 36.5 Å². The van der Waals surface area contributed by atoms with Crippen LogP contribution in [0.4, 0.5) is 23.5 Å². The molecule has 7 rings (SSSR count). The molecule has 1 saturated carbocycles. The van der Waals surface area contributed by atoms with Crippen LogP contribution in [-0.4, -0.2) is 49.5 Å². The van der Waals surface area contributed by atoms with Crippen molar-refractivity contribution in [2.75, 3.05) is 18.5 Å². The van der Waals surface area contributed by atoms with Crippen molar-refractivity contribution in [3.8, 4) is 16.9 Å². The summed E-state index contributed by atoms with van der Waals surface area (Å²) in [6.45, 7) is -1.16. The summed E-state index contributed by atoms with van der Waals surface area (Å²) in [6, 6.07) is 6.67. The van der Waals surface area contributed by atoms with E-state index in [0.29, 0.717) is 46.7 Å². The summed E-state index contributed by atoms with van der Waals surface area (Å²) in [5, 5.41) is 3.12. The first kappa shape index (κ1) is 23.9. The highest BCUT2D eigenvalue weighted by molar-refractivity contribution is 6.04. The minimum Gasteiger partial charge on any atom is -0.493 e. The van der Waals surface area contributed by atoms with E-state index in [0.717, 1.165) is 29.0 Å². The van der Waals surface area contributed by atoms with E-state index in [1.54, 1.807) is 12.3 Å². The molecule has 0 unspecified atom stereocenters. The third-order valence-corrected chi connectivity index (χ3v) is 7.41. The molecule has 1 N–H and O–H groups in total. The average molecular weight is 539 g/mol. The normalized spacial score (nSPS) is 16.5. The van der Waals surface area contributed by atoms with Gasteiger partial charge >= 0.3 is 6.18 Å². The number of benzene rings is 1. The number of nitrogens with zero attached hydrogens (tertiary/aromatic N) is 5. The number of alkyl halides is 3. The average Bonchev–Trinajstić information content (AvgIpc) is 3.47. The van der Waals surface area contributed by atoms with Gasteiger partial charge in [-0.1, -0.05) is 6.07 Å². The molecular weight excluding hydrogens is 516 g/mol. The lowest BCUT2D eigenvalue weighted by Crippen LogP contribution is -2.39. The van der Waals surface area contributed by atoms with Crippen molar-refractivity contribution in [3.63, 3.8) is 0 Å². The molecule has 39 heavy (non-hydrogen) atoms. The van der Waals surface area contributed by atoms with Crippen LogP contribution in [0.2, 0.25) is 0 Å². The Kier molecular flexibility index (Phi) is 5.29.